The molecular formula is C25H20F6N8O2. The zero-order valence-corrected chi connectivity index (χ0v) is 20.9. The summed E-state index contributed by atoms with van der Waals surface area (Å²) < 4.78 is 79.5. The monoisotopic (exact) mass is 578 g/mol. The van der Waals surface area contributed by atoms with Crippen molar-refractivity contribution in [3.8, 4) is 11.3 Å². The lowest BCUT2D eigenvalue weighted by molar-refractivity contribution is -0.187. The van der Waals surface area contributed by atoms with Crippen LogP contribution in [0, 0.1) is 0 Å². The highest BCUT2D eigenvalue weighted by Gasteiger charge is 2.44. The molecule has 5 rings (SSSR count). The van der Waals surface area contributed by atoms with Crippen LogP contribution in [0.4, 0.5) is 38.0 Å². The third-order valence-electron chi connectivity index (χ3n) is 6.54. The maximum absolute atomic E-state index is 13.0. The fourth-order valence-corrected chi connectivity index (χ4v) is 4.61. The number of pyridine rings is 1. The Kier molecular flexibility index (Phi) is 7.00. The number of likely N-dealkylation sites (tertiary alicyclic amines) is 1. The Labute approximate surface area is 227 Å². The van der Waals surface area contributed by atoms with Gasteiger partial charge >= 0.3 is 18.3 Å². The lowest BCUT2D eigenvalue weighted by Gasteiger charge is -2.33. The van der Waals surface area contributed by atoms with Gasteiger partial charge in [-0.1, -0.05) is 12.1 Å². The fraction of sp³-hybridized carbons (Fsp3) is 0.280. The van der Waals surface area contributed by atoms with E-state index >= 15 is 0 Å². The minimum Gasteiger partial charge on any atom is -0.383 e. The van der Waals surface area contributed by atoms with E-state index in [1.807, 2.05) is 0 Å². The van der Waals surface area contributed by atoms with E-state index < -0.39 is 35.8 Å². The number of anilines is 2. The lowest BCUT2D eigenvalue weighted by atomic mass is 10.1. The van der Waals surface area contributed by atoms with Gasteiger partial charge in [0.05, 0.1) is 17.0 Å². The summed E-state index contributed by atoms with van der Waals surface area (Å²) in [5.74, 6) is -2.86. The maximum atomic E-state index is 13.0. The van der Waals surface area contributed by atoms with E-state index in [0.717, 1.165) is 17.2 Å². The quantitative estimate of drug-likeness (QED) is 0.342. The van der Waals surface area contributed by atoms with E-state index in [1.165, 1.54) is 35.3 Å². The molecule has 214 valence electrons. The van der Waals surface area contributed by atoms with Crippen LogP contribution in [0.2, 0.25) is 0 Å². The Hall–Kier alpha value is -4.76. The van der Waals surface area contributed by atoms with Crippen LogP contribution in [0.5, 0.6) is 0 Å². The first kappa shape index (κ1) is 27.8. The van der Waals surface area contributed by atoms with Crippen molar-refractivity contribution in [2.24, 2.45) is 0 Å². The summed E-state index contributed by atoms with van der Waals surface area (Å²) in [5.41, 5.74) is 6.26. The van der Waals surface area contributed by atoms with Crippen molar-refractivity contribution in [1.82, 2.24) is 29.6 Å². The number of hydrogen-bond acceptors (Lipinski definition) is 7. The Morgan fingerprint density at radius 2 is 1.73 bits per heavy atom. The van der Waals surface area contributed by atoms with Crippen LogP contribution in [0.1, 0.15) is 34.8 Å². The van der Waals surface area contributed by atoms with Crippen molar-refractivity contribution >= 4 is 34.5 Å². The molecule has 1 aliphatic heterocycles. The van der Waals surface area contributed by atoms with Gasteiger partial charge in [0, 0.05) is 30.4 Å². The molecule has 0 aliphatic carbocycles. The summed E-state index contributed by atoms with van der Waals surface area (Å²) in [6.07, 6.45) is -6.74. The average molecular weight is 578 g/mol. The molecule has 2 amide bonds. The van der Waals surface area contributed by atoms with Crippen molar-refractivity contribution in [2.45, 2.75) is 31.2 Å². The second-order valence-corrected chi connectivity index (χ2v) is 9.25. The number of carbonyl (C=O) groups excluding carboxylic acids is 2. The summed E-state index contributed by atoms with van der Waals surface area (Å²) in [6.45, 7) is -0.279. The van der Waals surface area contributed by atoms with Gasteiger partial charge in [-0.05, 0) is 37.1 Å². The molecule has 1 aliphatic rings. The summed E-state index contributed by atoms with van der Waals surface area (Å²) in [6, 6.07) is 6.73. The molecule has 10 nitrogen and oxygen atoms in total. The van der Waals surface area contributed by atoms with Gasteiger partial charge in [0.1, 0.15) is 23.7 Å². The Bertz CT molecular complexity index is 1620. The van der Waals surface area contributed by atoms with Crippen LogP contribution in [0.15, 0.2) is 48.9 Å². The number of aromatic nitrogens is 5. The van der Waals surface area contributed by atoms with Gasteiger partial charge in [-0.15, -0.1) is 0 Å². The number of amides is 2. The molecule has 16 heteroatoms. The van der Waals surface area contributed by atoms with E-state index in [0.29, 0.717) is 35.6 Å². The highest BCUT2D eigenvalue weighted by molar-refractivity contribution is 6.04. The van der Waals surface area contributed by atoms with E-state index in [-0.39, 0.29) is 35.9 Å². The van der Waals surface area contributed by atoms with Gasteiger partial charge in [-0.25, -0.2) is 19.6 Å². The van der Waals surface area contributed by atoms with E-state index in [2.05, 4.69) is 25.4 Å². The fourth-order valence-electron chi connectivity index (χ4n) is 4.61. The van der Waals surface area contributed by atoms with Crippen molar-refractivity contribution in [3.63, 3.8) is 0 Å². The number of piperidine rings is 1. The van der Waals surface area contributed by atoms with Crippen LogP contribution in [0.3, 0.4) is 0 Å². The number of nitrogens with two attached hydrogens (primary N) is 1. The lowest BCUT2D eigenvalue weighted by Crippen LogP contribution is -2.46. The molecule has 41 heavy (non-hydrogen) atoms. The molecule has 1 fully saturated rings. The summed E-state index contributed by atoms with van der Waals surface area (Å²) in [7, 11) is 0. The third kappa shape index (κ3) is 5.62. The predicted octanol–water partition coefficient (Wildman–Crippen LogP) is 4.47. The van der Waals surface area contributed by atoms with Crippen molar-refractivity contribution in [1.29, 1.82) is 0 Å². The topological polar surface area (TPSA) is 132 Å². The number of fused-ring (bicyclic) bond motifs is 1. The van der Waals surface area contributed by atoms with Crippen LogP contribution in [0.25, 0.3) is 22.3 Å². The van der Waals surface area contributed by atoms with Gasteiger partial charge in [-0.2, -0.15) is 31.4 Å². The van der Waals surface area contributed by atoms with E-state index in [1.54, 1.807) is 0 Å². The number of nitrogens with one attached hydrogen (secondary N) is 1. The van der Waals surface area contributed by atoms with Gasteiger partial charge in [0.25, 0.3) is 5.91 Å². The maximum Gasteiger partial charge on any atom is 0.471 e. The zero-order chi connectivity index (χ0) is 29.5. The largest absolute Gasteiger partial charge is 0.471 e. The highest BCUT2D eigenvalue weighted by atomic mass is 19.4. The van der Waals surface area contributed by atoms with E-state index in [4.69, 9.17) is 5.73 Å². The summed E-state index contributed by atoms with van der Waals surface area (Å²) in [4.78, 5) is 37.2. The van der Waals surface area contributed by atoms with Gasteiger partial charge < -0.3 is 16.0 Å². The SMILES string of the molecule is Nc1ncnc2c1c(-c1ccc(C(=O)Nc3cc(C(F)(F)F)ccn3)cc1)nn2C1CCCN(C(=O)C(F)(F)F)C1. The first-order valence-corrected chi connectivity index (χ1v) is 12.1. The smallest absolute Gasteiger partial charge is 0.383 e. The second-order valence-electron chi connectivity index (χ2n) is 9.25. The second kappa shape index (κ2) is 10.3. The predicted molar refractivity (Wildman–Crippen MR) is 133 cm³/mol. The number of hydrogen-bond donors (Lipinski definition) is 2. The van der Waals surface area contributed by atoms with Gasteiger partial charge in [0.15, 0.2) is 5.65 Å². The average Bonchev–Trinajstić information content (AvgIpc) is 3.33. The molecule has 1 aromatic carbocycles. The van der Waals surface area contributed by atoms with Crippen LogP contribution < -0.4 is 11.1 Å². The first-order valence-electron chi connectivity index (χ1n) is 12.1. The van der Waals surface area contributed by atoms with Gasteiger partial charge in [-0.3, -0.25) is 9.59 Å². The molecular weight excluding hydrogens is 558 g/mol. The van der Waals surface area contributed by atoms with Crippen molar-refractivity contribution < 1.29 is 35.9 Å². The van der Waals surface area contributed by atoms with Crippen molar-refractivity contribution in [2.75, 3.05) is 24.1 Å². The minimum atomic E-state index is -5.00. The number of carbonyl (C=O) groups is 2. The number of alkyl halides is 6. The van der Waals surface area contributed by atoms with Crippen molar-refractivity contribution in [3.05, 3.63) is 60.0 Å². The van der Waals surface area contributed by atoms with Crippen LogP contribution in [-0.2, 0) is 11.0 Å². The Morgan fingerprint density at radius 1 is 1.00 bits per heavy atom. The minimum absolute atomic E-state index is 0.0441. The molecule has 0 bridgehead atoms. The van der Waals surface area contributed by atoms with Crippen LogP contribution >= 0.6 is 0 Å². The Morgan fingerprint density at radius 3 is 2.41 bits per heavy atom. The molecule has 4 heterocycles. The zero-order valence-electron chi connectivity index (χ0n) is 20.9. The number of nitrogens with zero attached hydrogens (tertiary/aromatic N) is 6. The molecule has 0 spiro atoms. The van der Waals surface area contributed by atoms with E-state index in [9.17, 15) is 35.9 Å². The summed E-state index contributed by atoms with van der Waals surface area (Å²) in [5, 5.41) is 7.22. The standard InChI is InChI=1S/C25H20F6N8O2/c26-24(27,28)15-7-8-33-17(10-15)36-22(40)14-5-3-13(4-6-14)19-18-20(32)34-12-35-21(18)39(37-19)16-2-1-9-38(11-16)23(41)25(29,30)31/h3-8,10,12,16H,1-2,9,11H2,(H2,32,34,35)(H,33,36,40). The third-order valence-corrected chi connectivity index (χ3v) is 6.54. The Balaban J connectivity index is 1.42. The molecule has 1 saturated heterocycles. The number of benzene rings is 1. The molecule has 3 aromatic heterocycles. The highest BCUT2D eigenvalue weighted by Crippen LogP contribution is 2.35. The molecule has 1 atom stereocenters. The molecule has 1 unspecified atom stereocenters. The molecule has 3 N–H and O–H groups in total. The normalized spacial score (nSPS) is 16.1. The number of nitrogen functional groups attached to an aromatic ring is 1. The molecule has 0 saturated carbocycles. The number of rotatable bonds is 4. The van der Waals surface area contributed by atoms with Gasteiger partial charge in [0.2, 0.25) is 0 Å². The first-order chi connectivity index (χ1) is 19.3. The molecule has 4 aromatic rings. The summed E-state index contributed by atoms with van der Waals surface area (Å²) >= 11 is 0. The van der Waals surface area contributed by atoms with Crippen LogP contribution in [-0.4, -0.2) is 60.7 Å². The molecule has 0 radical (unpaired) electrons. The number of halogens is 6.